The van der Waals surface area contributed by atoms with Gasteiger partial charge in [0, 0.05) is 22.7 Å². The summed E-state index contributed by atoms with van der Waals surface area (Å²) in [5, 5.41) is 0.580. The molecule has 100 valence electrons. The number of aromatic nitrogens is 1. The first kappa shape index (κ1) is 12.5. The number of halogens is 2. The minimum absolute atomic E-state index is 0.0147. The molecule has 2 nitrogen and oxygen atoms in total. The van der Waals surface area contributed by atoms with E-state index in [1.54, 1.807) is 13.0 Å². The summed E-state index contributed by atoms with van der Waals surface area (Å²) in [4.78, 5) is 15.2. The third-order valence-corrected chi connectivity index (χ3v) is 3.26. The number of nitrogens with one attached hydrogen (secondary N) is 1. The monoisotopic (exact) mass is 271 g/mol. The molecule has 0 fully saturated rings. The summed E-state index contributed by atoms with van der Waals surface area (Å²) >= 11 is 0. The molecule has 0 radical (unpaired) electrons. The fraction of sp³-hybridized carbons (Fsp3) is 0.0625. The van der Waals surface area contributed by atoms with Crippen molar-refractivity contribution in [2.24, 2.45) is 0 Å². The van der Waals surface area contributed by atoms with E-state index in [2.05, 4.69) is 4.98 Å². The predicted molar refractivity (Wildman–Crippen MR) is 72.8 cm³/mol. The Morgan fingerprint density at radius 1 is 1.05 bits per heavy atom. The molecule has 1 N–H and O–H groups in total. The molecule has 0 aliphatic heterocycles. The number of aryl methyl sites for hydroxylation is 1. The summed E-state index contributed by atoms with van der Waals surface area (Å²) < 4.78 is 27.0. The van der Waals surface area contributed by atoms with Gasteiger partial charge >= 0.3 is 0 Å². The van der Waals surface area contributed by atoms with Gasteiger partial charge < -0.3 is 4.98 Å². The minimum atomic E-state index is -0.550. The number of carbonyl (C=O) groups is 1. The van der Waals surface area contributed by atoms with Crippen LogP contribution >= 0.6 is 0 Å². The average Bonchev–Trinajstić information content (AvgIpc) is 2.80. The van der Waals surface area contributed by atoms with E-state index in [1.165, 1.54) is 36.5 Å². The number of benzene rings is 2. The van der Waals surface area contributed by atoms with Gasteiger partial charge in [-0.15, -0.1) is 0 Å². The van der Waals surface area contributed by atoms with Gasteiger partial charge in [0.15, 0.2) is 5.78 Å². The van der Waals surface area contributed by atoms with Gasteiger partial charge in [0.1, 0.15) is 11.6 Å². The number of hydrogen-bond donors (Lipinski definition) is 1. The first-order valence-corrected chi connectivity index (χ1v) is 6.14. The molecule has 0 amide bonds. The van der Waals surface area contributed by atoms with Crippen molar-refractivity contribution in [3.63, 3.8) is 0 Å². The van der Waals surface area contributed by atoms with Gasteiger partial charge in [-0.2, -0.15) is 0 Å². The molecule has 3 aromatic rings. The van der Waals surface area contributed by atoms with E-state index in [0.29, 0.717) is 16.5 Å². The molecule has 1 aromatic heterocycles. The van der Waals surface area contributed by atoms with Crippen LogP contribution in [-0.4, -0.2) is 10.8 Å². The maximum Gasteiger partial charge on any atom is 0.198 e. The number of hydrogen-bond acceptors (Lipinski definition) is 1. The fourth-order valence-corrected chi connectivity index (χ4v) is 2.24. The molecule has 0 bridgehead atoms. The molecule has 1 heterocycles. The van der Waals surface area contributed by atoms with Crippen molar-refractivity contribution in [1.82, 2.24) is 4.98 Å². The summed E-state index contributed by atoms with van der Waals surface area (Å²) in [5.74, 6) is -1.35. The number of aromatic amines is 1. The van der Waals surface area contributed by atoms with Crippen LogP contribution in [0.4, 0.5) is 8.78 Å². The Hall–Kier alpha value is -2.49. The van der Waals surface area contributed by atoms with Crippen molar-refractivity contribution in [2.75, 3.05) is 0 Å². The smallest absolute Gasteiger partial charge is 0.198 e. The van der Waals surface area contributed by atoms with Crippen molar-refractivity contribution in [3.8, 4) is 0 Å². The maximum atomic E-state index is 13.9. The molecule has 20 heavy (non-hydrogen) atoms. The number of rotatable bonds is 2. The van der Waals surface area contributed by atoms with Crippen LogP contribution in [0, 0.1) is 18.6 Å². The molecule has 0 saturated carbocycles. The summed E-state index contributed by atoms with van der Waals surface area (Å²) in [7, 11) is 0. The zero-order valence-electron chi connectivity index (χ0n) is 10.7. The highest BCUT2D eigenvalue weighted by Crippen LogP contribution is 2.23. The molecular formula is C16H11F2NO. The van der Waals surface area contributed by atoms with E-state index in [-0.39, 0.29) is 11.4 Å². The van der Waals surface area contributed by atoms with E-state index in [0.717, 1.165) is 5.56 Å². The second-order valence-electron chi connectivity index (χ2n) is 4.70. The molecule has 0 aliphatic carbocycles. The lowest BCUT2D eigenvalue weighted by molar-refractivity contribution is 0.103. The van der Waals surface area contributed by atoms with Gasteiger partial charge in [-0.05, 0) is 42.8 Å². The van der Waals surface area contributed by atoms with Gasteiger partial charge in [0.05, 0.1) is 5.56 Å². The lowest BCUT2D eigenvalue weighted by atomic mass is 10.0. The third-order valence-electron chi connectivity index (χ3n) is 3.26. The quantitative estimate of drug-likeness (QED) is 0.702. The van der Waals surface area contributed by atoms with Gasteiger partial charge in [0.2, 0.25) is 0 Å². The SMILES string of the molecule is Cc1ccc(C(=O)c2c[nH]c3cc(F)ccc23)c(F)c1. The van der Waals surface area contributed by atoms with Gasteiger partial charge in [-0.3, -0.25) is 4.79 Å². The highest BCUT2D eigenvalue weighted by Gasteiger charge is 2.17. The molecule has 4 heteroatoms. The number of fused-ring (bicyclic) bond motifs is 1. The van der Waals surface area contributed by atoms with Crippen molar-refractivity contribution in [3.05, 3.63) is 70.9 Å². The van der Waals surface area contributed by atoms with E-state index in [1.807, 2.05) is 0 Å². The molecule has 3 rings (SSSR count). The molecule has 0 spiro atoms. The molecule has 2 aromatic carbocycles. The second kappa shape index (κ2) is 4.56. The Morgan fingerprint density at radius 2 is 1.85 bits per heavy atom. The van der Waals surface area contributed by atoms with Crippen molar-refractivity contribution in [1.29, 1.82) is 0 Å². The fourth-order valence-electron chi connectivity index (χ4n) is 2.24. The van der Waals surface area contributed by atoms with E-state index >= 15 is 0 Å². The summed E-state index contributed by atoms with van der Waals surface area (Å²) in [5.41, 5.74) is 1.62. The summed E-state index contributed by atoms with van der Waals surface area (Å²) in [6.45, 7) is 1.76. The Morgan fingerprint density at radius 3 is 2.60 bits per heavy atom. The Bertz CT molecular complexity index is 820. The largest absolute Gasteiger partial charge is 0.360 e. The van der Waals surface area contributed by atoms with Gasteiger partial charge in [-0.1, -0.05) is 6.07 Å². The highest BCUT2D eigenvalue weighted by molar-refractivity contribution is 6.16. The van der Waals surface area contributed by atoms with Crippen molar-refractivity contribution < 1.29 is 13.6 Å². The van der Waals surface area contributed by atoms with E-state index in [4.69, 9.17) is 0 Å². The third kappa shape index (κ3) is 1.99. The number of carbonyl (C=O) groups excluding carboxylic acids is 1. The van der Waals surface area contributed by atoms with Crippen LogP contribution in [0.25, 0.3) is 10.9 Å². The van der Waals surface area contributed by atoms with Crippen LogP contribution in [0.3, 0.4) is 0 Å². The Labute approximate surface area is 114 Å². The Balaban J connectivity index is 2.13. The highest BCUT2D eigenvalue weighted by atomic mass is 19.1. The number of H-pyrrole nitrogens is 1. The van der Waals surface area contributed by atoms with Crippen LogP contribution < -0.4 is 0 Å². The van der Waals surface area contributed by atoms with E-state index < -0.39 is 11.6 Å². The maximum absolute atomic E-state index is 13.9. The zero-order valence-corrected chi connectivity index (χ0v) is 10.7. The first-order chi connectivity index (χ1) is 9.56. The zero-order chi connectivity index (χ0) is 14.3. The molecule has 0 saturated heterocycles. The standard InChI is InChI=1S/C16H11F2NO/c1-9-2-4-12(14(18)6-9)16(20)13-8-19-15-7-10(17)3-5-11(13)15/h2-8,19H,1H3. The molecule has 0 aliphatic rings. The van der Waals surface area contributed by atoms with E-state index in [9.17, 15) is 13.6 Å². The van der Waals surface area contributed by atoms with Crippen molar-refractivity contribution in [2.45, 2.75) is 6.92 Å². The summed E-state index contributed by atoms with van der Waals surface area (Å²) in [6.07, 6.45) is 1.48. The lowest BCUT2D eigenvalue weighted by Gasteiger charge is -2.03. The van der Waals surface area contributed by atoms with Crippen molar-refractivity contribution >= 4 is 16.7 Å². The van der Waals surface area contributed by atoms with Gasteiger partial charge in [-0.25, -0.2) is 8.78 Å². The predicted octanol–water partition coefficient (Wildman–Crippen LogP) is 3.99. The van der Waals surface area contributed by atoms with Crippen LogP contribution in [0.5, 0.6) is 0 Å². The molecular weight excluding hydrogens is 260 g/mol. The van der Waals surface area contributed by atoms with Crippen LogP contribution in [0.2, 0.25) is 0 Å². The second-order valence-corrected chi connectivity index (χ2v) is 4.70. The average molecular weight is 271 g/mol. The number of ketones is 1. The van der Waals surface area contributed by atoms with Crippen LogP contribution in [0.1, 0.15) is 21.5 Å². The normalized spacial score (nSPS) is 10.9. The van der Waals surface area contributed by atoms with Crippen LogP contribution in [0.15, 0.2) is 42.6 Å². The molecule has 0 atom stereocenters. The minimum Gasteiger partial charge on any atom is -0.360 e. The van der Waals surface area contributed by atoms with Gasteiger partial charge in [0.25, 0.3) is 0 Å². The summed E-state index contributed by atoms with van der Waals surface area (Å²) in [6, 6.07) is 8.57. The first-order valence-electron chi connectivity index (χ1n) is 6.14. The topological polar surface area (TPSA) is 32.9 Å². The molecule has 0 unspecified atom stereocenters. The van der Waals surface area contributed by atoms with Crippen LogP contribution in [-0.2, 0) is 0 Å². The Kier molecular flexibility index (Phi) is 2.86. The lowest BCUT2D eigenvalue weighted by Crippen LogP contribution is -2.03.